The second-order valence-corrected chi connectivity index (χ2v) is 6.67. The van der Waals surface area contributed by atoms with Crippen LogP contribution in [0.3, 0.4) is 0 Å². The molecule has 1 heterocycles. The summed E-state index contributed by atoms with van der Waals surface area (Å²) in [5.74, 6) is -0.115. The molecule has 0 saturated heterocycles. The van der Waals surface area contributed by atoms with Crippen molar-refractivity contribution in [2.24, 2.45) is 0 Å². The molecular formula is C12H14N4O4S. The molecule has 0 saturated carbocycles. The normalized spacial score (nSPS) is 11.3. The smallest absolute Gasteiger partial charge is 0.337 e. The third kappa shape index (κ3) is 4.09. The van der Waals surface area contributed by atoms with Gasteiger partial charge in [0.05, 0.1) is 25.0 Å². The summed E-state index contributed by atoms with van der Waals surface area (Å²) in [5, 5.41) is 11.7. The fourth-order valence-corrected chi connectivity index (χ4v) is 2.07. The zero-order chi connectivity index (χ0) is 15.5. The van der Waals surface area contributed by atoms with Crippen molar-refractivity contribution in [1.82, 2.24) is 20.2 Å². The maximum Gasteiger partial charge on any atom is 0.337 e. The average Bonchev–Trinajstić information content (AvgIpc) is 2.93. The molecule has 8 nitrogen and oxygen atoms in total. The molecular weight excluding hydrogens is 296 g/mol. The Hall–Kier alpha value is -2.29. The molecule has 112 valence electrons. The molecule has 0 aliphatic carbocycles. The summed E-state index contributed by atoms with van der Waals surface area (Å²) < 4.78 is 26.8. The predicted octanol–water partition coefficient (Wildman–Crippen LogP) is 0.171. The van der Waals surface area contributed by atoms with Gasteiger partial charge in [-0.25, -0.2) is 13.2 Å². The molecule has 9 heteroatoms. The van der Waals surface area contributed by atoms with Crippen molar-refractivity contribution in [3.8, 4) is 11.4 Å². The quantitative estimate of drug-likeness (QED) is 0.725. The van der Waals surface area contributed by atoms with E-state index in [4.69, 9.17) is 0 Å². The number of sulfone groups is 1. The van der Waals surface area contributed by atoms with Crippen molar-refractivity contribution >= 4 is 15.8 Å². The van der Waals surface area contributed by atoms with Crippen molar-refractivity contribution in [3.05, 3.63) is 29.8 Å². The van der Waals surface area contributed by atoms with E-state index in [-0.39, 0.29) is 12.3 Å². The number of methoxy groups -OCH3 is 1. The van der Waals surface area contributed by atoms with Crippen molar-refractivity contribution in [1.29, 1.82) is 0 Å². The van der Waals surface area contributed by atoms with Gasteiger partial charge in [0.1, 0.15) is 9.84 Å². The first kappa shape index (κ1) is 15.1. The summed E-state index contributed by atoms with van der Waals surface area (Å²) in [6.45, 7) is 0.145. The summed E-state index contributed by atoms with van der Waals surface area (Å²) in [6.07, 6.45) is 1.15. The number of carbonyl (C=O) groups is 1. The third-order valence-corrected chi connectivity index (χ3v) is 3.60. The highest BCUT2D eigenvalue weighted by Crippen LogP contribution is 2.14. The van der Waals surface area contributed by atoms with Gasteiger partial charge in [-0.1, -0.05) is 12.1 Å². The minimum atomic E-state index is -3.08. The first-order valence-electron chi connectivity index (χ1n) is 6.03. The van der Waals surface area contributed by atoms with E-state index in [1.165, 1.54) is 11.9 Å². The van der Waals surface area contributed by atoms with Crippen molar-refractivity contribution in [2.75, 3.05) is 19.1 Å². The summed E-state index contributed by atoms with van der Waals surface area (Å²) in [7, 11) is -1.77. The Kier molecular flexibility index (Phi) is 4.32. The van der Waals surface area contributed by atoms with E-state index in [2.05, 4.69) is 20.1 Å². The second-order valence-electron chi connectivity index (χ2n) is 4.41. The Balaban J connectivity index is 2.12. The average molecular weight is 310 g/mol. The maximum atomic E-state index is 11.3. The number of rotatable bonds is 5. The number of aryl methyl sites for hydroxylation is 1. The second kappa shape index (κ2) is 6.00. The monoisotopic (exact) mass is 310 g/mol. The van der Waals surface area contributed by atoms with Crippen LogP contribution in [0.1, 0.15) is 10.4 Å². The number of ether oxygens (including phenoxy) is 1. The van der Waals surface area contributed by atoms with Crippen molar-refractivity contribution in [3.63, 3.8) is 0 Å². The lowest BCUT2D eigenvalue weighted by atomic mass is 10.1. The number of benzene rings is 1. The van der Waals surface area contributed by atoms with Gasteiger partial charge in [0, 0.05) is 11.8 Å². The van der Waals surface area contributed by atoms with E-state index < -0.39 is 15.8 Å². The number of hydrogen-bond acceptors (Lipinski definition) is 7. The van der Waals surface area contributed by atoms with E-state index in [1.807, 2.05) is 0 Å². The highest BCUT2D eigenvalue weighted by Gasteiger charge is 2.10. The molecule has 0 unspecified atom stereocenters. The van der Waals surface area contributed by atoms with Crippen molar-refractivity contribution < 1.29 is 17.9 Å². The summed E-state index contributed by atoms with van der Waals surface area (Å²) in [5.41, 5.74) is 1.10. The van der Waals surface area contributed by atoms with Gasteiger partial charge in [0.2, 0.25) is 5.82 Å². The SMILES string of the molecule is COC(=O)c1ccc(-c2nnn(CCS(C)(=O)=O)n2)cc1. The van der Waals surface area contributed by atoms with Crippen LogP contribution >= 0.6 is 0 Å². The lowest BCUT2D eigenvalue weighted by Crippen LogP contribution is -2.13. The zero-order valence-electron chi connectivity index (χ0n) is 11.6. The number of aromatic nitrogens is 4. The highest BCUT2D eigenvalue weighted by molar-refractivity contribution is 7.90. The van der Waals surface area contributed by atoms with Gasteiger partial charge in [-0.15, -0.1) is 10.2 Å². The predicted molar refractivity (Wildman–Crippen MR) is 74.3 cm³/mol. The van der Waals surface area contributed by atoms with Crippen LogP contribution in [0.5, 0.6) is 0 Å². The van der Waals surface area contributed by atoms with Gasteiger partial charge in [-0.05, 0) is 17.3 Å². The van der Waals surface area contributed by atoms with Gasteiger partial charge in [0.15, 0.2) is 0 Å². The van der Waals surface area contributed by atoms with E-state index in [1.54, 1.807) is 24.3 Å². The zero-order valence-corrected chi connectivity index (χ0v) is 12.4. The standard InChI is InChI=1S/C12H14N4O4S/c1-20-12(17)10-5-3-9(4-6-10)11-13-15-16(14-11)7-8-21(2,18)19/h3-6H,7-8H2,1-2H3. The number of nitrogens with zero attached hydrogens (tertiary/aromatic N) is 4. The number of carbonyl (C=O) groups excluding carboxylic acids is 1. The Morgan fingerprint density at radius 3 is 2.52 bits per heavy atom. The Morgan fingerprint density at radius 2 is 1.95 bits per heavy atom. The molecule has 0 atom stereocenters. The fourth-order valence-electron chi connectivity index (χ4n) is 1.57. The number of tetrazole rings is 1. The summed E-state index contributed by atoms with van der Waals surface area (Å²) >= 11 is 0. The van der Waals surface area contributed by atoms with E-state index in [9.17, 15) is 13.2 Å². The van der Waals surface area contributed by atoms with Crippen LogP contribution in [0.15, 0.2) is 24.3 Å². The van der Waals surface area contributed by atoms with Crippen LogP contribution in [0.2, 0.25) is 0 Å². The molecule has 1 aromatic heterocycles. The van der Waals surface area contributed by atoms with Gasteiger partial charge in [-0.2, -0.15) is 4.80 Å². The first-order valence-corrected chi connectivity index (χ1v) is 8.09. The van der Waals surface area contributed by atoms with Crippen LogP contribution in [0, 0.1) is 0 Å². The van der Waals surface area contributed by atoms with Crippen LogP contribution in [-0.4, -0.2) is 53.7 Å². The molecule has 0 fully saturated rings. The van der Waals surface area contributed by atoms with E-state index in [0.29, 0.717) is 17.0 Å². The first-order chi connectivity index (χ1) is 9.89. The van der Waals surface area contributed by atoms with Crippen LogP contribution in [-0.2, 0) is 21.1 Å². The van der Waals surface area contributed by atoms with Crippen LogP contribution in [0.25, 0.3) is 11.4 Å². The minimum absolute atomic E-state index is 0.0515. The lowest BCUT2D eigenvalue weighted by molar-refractivity contribution is 0.0600. The molecule has 0 radical (unpaired) electrons. The summed E-state index contributed by atoms with van der Waals surface area (Å²) in [4.78, 5) is 12.5. The Morgan fingerprint density at radius 1 is 1.29 bits per heavy atom. The summed E-state index contributed by atoms with van der Waals surface area (Å²) in [6, 6.07) is 6.53. The Labute approximate surface area is 121 Å². The molecule has 0 N–H and O–H groups in total. The van der Waals surface area contributed by atoms with Crippen LogP contribution < -0.4 is 0 Å². The maximum absolute atomic E-state index is 11.3. The number of esters is 1. The fraction of sp³-hybridized carbons (Fsp3) is 0.333. The lowest BCUT2D eigenvalue weighted by Gasteiger charge is -1.99. The number of hydrogen-bond donors (Lipinski definition) is 0. The third-order valence-electron chi connectivity index (χ3n) is 2.68. The van der Waals surface area contributed by atoms with Gasteiger partial charge >= 0.3 is 5.97 Å². The van der Waals surface area contributed by atoms with E-state index >= 15 is 0 Å². The topological polar surface area (TPSA) is 104 Å². The minimum Gasteiger partial charge on any atom is -0.465 e. The van der Waals surface area contributed by atoms with E-state index in [0.717, 1.165) is 6.26 Å². The molecule has 2 rings (SSSR count). The molecule has 1 aromatic carbocycles. The van der Waals surface area contributed by atoms with Gasteiger partial charge < -0.3 is 4.74 Å². The van der Waals surface area contributed by atoms with Gasteiger partial charge in [0.25, 0.3) is 0 Å². The largest absolute Gasteiger partial charge is 0.465 e. The molecule has 21 heavy (non-hydrogen) atoms. The molecule has 0 aliphatic heterocycles. The molecule has 2 aromatic rings. The molecule has 0 amide bonds. The Bertz CT molecular complexity index is 737. The molecule has 0 bridgehead atoms. The van der Waals surface area contributed by atoms with Crippen molar-refractivity contribution in [2.45, 2.75) is 6.54 Å². The molecule has 0 aliphatic rings. The molecule has 0 spiro atoms. The van der Waals surface area contributed by atoms with Crippen LogP contribution in [0.4, 0.5) is 0 Å². The van der Waals surface area contributed by atoms with Gasteiger partial charge in [-0.3, -0.25) is 0 Å². The highest BCUT2D eigenvalue weighted by atomic mass is 32.2.